The fraction of sp³-hybridized carbons (Fsp3) is 0.444. The molecule has 0 saturated heterocycles. The number of fused-ring (bicyclic) bond motifs is 2. The van der Waals surface area contributed by atoms with Crippen molar-refractivity contribution in [3.63, 3.8) is 0 Å². The van der Waals surface area contributed by atoms with Crippen LogP contribution in [0.25, 0.3) is 0 Å². The lowest BCUT2D eigenvalue weighted by Gasteiger charge is -2.28. The van der Waals surface area contributed by atoms with Crippen molar-refractivity contribution in [2.24, 2.45) is 0 Å². The Labute approximate surface area is 270 Å². The Morgan fingerprint density at radius 3 is 2.20 bits per heavy atom. The zero-order valence-corrected chi connectivity index (χ0v) is 28.3. The van der Waals surface area contributed by atoms with E-state index in [0.29, 0.717) is 6.04 Å². The number of allylic oxidation sites excluding steroid dienone is 7. The molecule has 1 N–H and O–H groups in total. The number of para-hydroxylation sites is 2. The fourth-order valence-corrected chi connectivity index (χ4v) is 7.53. The van der Waals surface area contributed by atoms with Gasteiger partial charge in [0, 0.05) is 33.9 Å². The van der Waals surface area contributed by atoms with Crippen molar-refractivity contribution < 1.29 is 33.8 Å². The molecule has 0 bridgehead atoms. The smallest absolute Gasteiger partial charge is 0.135 e. The van der Waals surface area contributed by atoms with E-state index in [1.165, 1.54) is 45.8 Å². The first kappa shape index (κ1) is 34.5. The first-order valence-electron chi connectivity index (χ1n) is 15.6. The minimum Gasteiger partial charge on any atom is -0.344 e. The maximum Gasteiger partial charge on any atom is 0.135 e. The normalized spacial score (nSPS) is 24.1. The van der Waals surface area contributed by atoms with E-state index in [0.717, 1.165) is 43.8 Å². The first-order valence-corrected chi connectivity index (χ1v) is 17.3. The number of quaternary nitrogens is 1. The van der Waals surface area contributed by atoms with Crippen LogP contribution in [0.3, 0.4) is 0 Å². The van der Waals surface area contributed by atoms with Gasteiger partial charge in [0.2, 0.25) is 0 Å². The lowest BCUT2D eigenvalue weighted by atomic mass is 9.80. The molecule has 0 aromatic heterocycles. The number of rotatable bonds is 7. The zero-order chi connectivity index (χ0) is 32.3. The van der Waals surface area contributed by atoms with Gasteiger partial charge in [-0.15, -0.1) is 10.2 Å². The van der Waals surface area contributed by atoms with E-state index in [-0.39, 0.29) is 10.8 Å². The molecule has 2 aliphatic heterocycles. The van der Waals surface area contributed by atoms with E-state index in [2.05, 4.69) is 119 Å². The highest BCUT2D eigenvalue weighted by Crippen LogP contribution is 2.48. The van der Waals surface area contributed by atoms with E-state index in [1.54, 1.807) is 4.90 Å². The molecule has 2 heterocycles. The van der Waals surface area contributed by atoms with Crippen LogP contribution in [0, 0.1) is 10.2 Å². The molecular weight excluding hydrogens is 595 g/mol. The van der Waals surface area contributed by atoms with Gasteiger partial charge in [0.05, 0.1) is 12.0 Å². The standard InChI is InChI=1S/C36H45ClN2.ClHO4/c1-7-24-38-30-18-11-9-16-28(30)35(3,4)32(38)22-20-26-14-13-15-27(34(26)37)21-23-33-36(5,6)29-17-10-12-19-31(29)39(33)25-8-2;2-1(3,4)5/h9-12,16-23,32H,7-8,13-15,24-25H2,1-6H3;(H,2,3,4,5). The Kier molecular flexibility index (Phi) is 10.9. The number of benzene rings is 2. The second-order valence-electron chi connectivity index (χ2n) is 13.0. The SMILES string of the molecule is CCCN1C(=CC=C2CCCC(C=CC3[NH+](CCC)c4ccccc4C3(C)C)=C2Cl)C(C)(C)c2ccccc21.[O-][Cl+3]([O-])([O-])[O-]. The summed E-state index contributed by atoms with van der Waals surface area (Å²) in [6, 6.07) is 18.3. The molecule has 2 aromatic rings. The third kappa shape index (κ3) is 7.34. The molecule has 0 radical (unpaired) electrons. The van der Waals surface area contributed by atoms with Crippen LogP contribution in [0.4, 0.5) is 11.4 Å². The molecule has 0 amide bonds. The molecule has 5 rings (SSSR count). The Morgan fingerprint density at radius 2 is 1.55 bits per heavy atom. The van der Waals surface area contributed by atoms with Gasteiger partial charge < -0.3 is 4.90 Å². The summed E-state index contributed by atoms with van der Waals surface area (Å²) in [5.74, 6) is 0. The lowest BCUT2D eigenvalue weighted by Crippen LogP contribution is -3.10. The summed E-state index contributed by atoms with van der Waals surface area (Å²) < 4.78 is 34.0. The van der Waals surface area contributed by atoms with E-state index in [1.807, 2.05) is 0 Å². The lowest BCUT2D eigenvalue weighted by molar-refractivity contribution is -2.00. The average molecular weight is 642 g/mol. The van der Waals surface area contributed by atoms with Crippen molar-refractivity contribution in [1.82, 2.24) is 0 Å². The fourth-order valence-electron chi connectivity index (χ4n) is 7.22. The average Bonchev–Trinajstić information content (AvgIpc) is 3.30. The molecule has 3 aliphatic rings. The molecule has 238 valence electrons. The van der Waals surface area contributed by atoms with Crippen molar-refractivity contribution in [1.29, 1.82) is 0 Å². The quantitative estimate of drug-likeness (QED) is 0.497. The van der Waals surface area contributed by atoms with Gasteiger partial charge in [0.1, 0.15) is 11.7 Å². The summed E-state index contributed by atoms with van der Waals surface area (Å²) in [5.41, 5.74) is 9.70. The number of nitrogens with zero attached hydrogens (tertiary/aromatic N) is 1. The predicted molar refractivity (Wildman–Crippen MR) is 168 cm³/mol. The molecule has 2 aromatic carbocycles. The van der Waals surface area contributed by atoms with Crippen LogP contribution in [0.5, 0.6) is 0 Å². The van der Waals surface area contributed by atoms with Crippen molar-refractivity contribution in [3.8, 4) is 0 Å². The summed E-state index contributed by atoms with van der Waals surface area (Å²) >= 11 is 7.15. The van der Waals surface area contributed by atoms with Crippen molar-refractivity contribution in [2.75, 3.05) is 18.0 Å². The Balaban J connectivity index is 0.000000818. The maximum absolute atomic E-state index is 8.49. The van der Waals surface area contributed by atoms with Crippen LogP contribution in [0.15, 0.2) is 94.7 Å². The molecule has 0 saturated carbocycles. The van der Waals surface area contributed by atoms with Crippen LogP contribution >= 0.6 is 11.6 Å². The Morgan fingerprint density at radius 1 is 0.909 bits per heavy atom. The minimum absolute atomic E-state index is 0.0228. The number of halogens is 2. The van der Waals surface area contributed by atoms with E-state index < -0.39 is 10.2 Å². The van der Waals surface area contributed by atoms with Crippen LogP contribution in [-0.2, 0) is 10.8 Å². The van der Waals surface area contributed by atoms with Gasteiger partial charge in [0.15, 0.2) is 0 Å². The van der Waals surface area contributed by atoms with E-state index in [9.17, 15) is 0 Å². The molecule has 2 unspecified atom stereocenters. The van der Waals surface area contributed by atoms with Gasteiger partial charge in [-0.05, 0) is 86.9 Å². The van der Waals surface area contributed by atoms with Gasteiger partial charge in [-0.3, -0.25) is 4.90 Å². The van der Waals surface area contributed by atoms with Crippen LogP contribution in [0.2, 0.25) is 0 Å². The monoisotopic (exact) mass is 640 g/mol. The van der Waals surface area contributed by atoms with Gasteiger partial charge in [-0.1, -0.05) is 87.8 Å². The van der Waals surface area contributed by atoms with Crippen molar-refractivity contribution >= 4 is 23.0 Å². The van der Waals surface area contributed by atoms with Crippen molar-refractivity contribution in [2.45, 2.75) is 90.5 Å². The number of hydrogen-bond acceptors (Lipinski definition) is 5. The highest BCUT2D eigenvalue weighted by Gasteiger charge is 2.47. The molecule has 2 atom stereocenters. The number of anilines is 1. The molecule has 0 spiro atoms. The second kappa shape index (κ2) is 13.9. The summed E-state index contributed by atoms with van der Waals surface area (Å²) in [5, 5.41) is 0.954. The first-order chi connectivity index (χ1) is 20.7. The van der Waals surface area contributed by atoms with Gasteiger partial charge in [0.25, 0.3) is 0 Å². The van der Waals surface area contributed by atoms with Crippen molar-refractivity contribution in [3.05, 3.63) is 106 Å². The molecular formula is C36H46Cl2N2O4. The Hall–Kier alpha value is -2.42. The predicted octanol–water partition coefficient (Wildman–Crippen LogP) is 3.77. The van der Waals surface area contributed by atoms with Crippen LogP contribution in [0.1, 0.15) is 84.8 Å². The molecule has 8 heteroatoms. The zero-order valence-electron chi connectivity index (χ0n) is 26.8. The third-order valence-electron chi connectivity index (χ3n) is 9.27. The molecule has 44 heavy (non-hydrogen) atoms. The van der Waals surface area contributed by atoms with E-state index in [4.69, 9.17) is 30.2 Å². The highest BCUT2D eigenvalue weighted by molar-refractivity contribution is 6.32. The van der Waals surface area contributed by atoms with Gasteiger partial charge in [-0.25, -0.2) is 18.6 Å². The van der Waals surface area contributed by atoms with Crippen LogP contribution in [-0.4, -0.2) is 19.1 Å². The summed E-state index contributed by atoms with van der Waals surface area (Å²) in [6.45, 7) is 16.2. The summed E-state index contributed by atoms with van der Waals surface area (Å²) in [7, 11) is -4.94. The largest absolute Gasteiger partial charge is 0.344 e. The van der Waals surface area contributed by atoms with Gasteiger partial charge >= 0.3 is 0 Å². The summed E-state index contributed by atoms with van der Waals surface area (Å²) in [4.78, 5) is 4.10. The molecule has 1 aliphatic carbocycles. The maximum atomic E-state index is 8.49. The second-order valence-corrected chi connectivity index (χ2v) is 14.1. The molecule has 6 nitrogen and oxygen atoms in total. The van der Waals surface area contributed by atoms with Gasteiger partial charge in [-0.2, -0.15) is 0 Å². The minimum atomic E-state index is -4.94. The van der Waals surface area contributed by atoms with Crippen LogP contribution < -0.4 is 28.4 Å². The third-order valence-corrected chi connectivity index (χ3v) is 9.76. The highest BCUT2D eigenvalue weighted by atomic mass is 35.7. The number of nitrogens with one attached hydrogen (secondary N) is 1. The summed E-state index contributed by atoms with van der Waals surface area (Å²) in [6.07, 6.45) is 15.0. The topological polar surface area (TPSA) is 99.9 Å². The Bertz CT molecular complexity index is 1450. The molecule has 0 fully saturated rings. The number of hydrogen-bond donors (Lipinski definition) is 1. The van der Waals surface area contributed by atoms with E-state index >= 15 is 0 Å².